The van der Waals surface area contributed by atoms with E-state index in [4.69, 9.17) is 9.90 Å². The van der Waals surface area contributed by atoms with Gasteiger partial charge in [-0.3, -0.25) is 0 Å². The molecule has 1 aromatic rings. The third-order valence-electron chi connectivity index (χ3n) is 3.67. The number of hydrogen-bond acceptors (Lipinski definition) is 3. The number of alkyl halides is 3. The molecule has 1 N–H and O–H groups in total. The number of thiophene rings is 1. The minimum atomic E-state index is -5.08. The molecule has 0 spiro atoms. The maximum absolute atomic E-state index is 10.6. The third-order valence-corrected chi connectivity index (χ3v) is 4.60. The first-order chi connectivity index (χ1) is 10.9. The summed E-state index contributed by atoms with van der Waals surface area (Å²) in [6.45, 7) is 4.02. The zero-order chi connectivity index (χ0) is 17.1. The van der Waals surface area contributed by atoms with Crippen LogP contribution in [-0.4, -0.2) is 41.8 Å². The van der Waals surface area contributed by atoms with Crippen LogP contribution in [0.3, 0.4) is 0 Å². The molecule has 2 heterocycles. The van der Waals surface area contributed by atoms with Gasteiger partial charge in [-0.15, -0.1) is 11.3 Å². The molecule has 0 saturated carbocycles. The SMILES string of the molecule is O=C(O)C(F)(F)F.c1csc(CCCCN2CCCCCC2)c1. The van der Waals surface area contributed by atoms with E-state index in [0.717, 1.165) is 0 Å². The smallest absolute Gasteiger partial charge is 0.475 e. The van der Waals surface area contributed by atoms with Crippen LogP contribution in [0.15, 0.2) is 17.5 Å². The van der Waals surface area contributed by atoms with Crippen molar-refractivity contribution in [3.05, 3.63) is 22.4 Å². The molecule has 0 atom stereocenters. The molecule has 0 unspecified atom stereocenters. The van der Waals surface area contributed by atoms with Gasteiger partial charge in [-0.1, -0.05) is 18.9 Å². The quantitative estimate of drug-likeness (QED) is 0.790. The second kappa shape index (κ2) is 10.6. The van der Waals surface area contributed by atoms with Crippen LogP contribution in [0.2, 0.25) is 0 Å². The van der Waals surface area contributed by atoms with E-state index in [1.165, 1.54) is 64.6 Å². The van der Waals surface area contributed by atoms with E-state index in [0.29, 0.717) is 0 Å². The highest BCUT2D eigenvalue weighted by molar-refractivity contribution is 7.09. The molecule has 0 amide bonds. The van der Waals surface area contributed by atoms with Crippen molar-refractivity contribution in [2.75, 3.05) is 19.6 Å². The standard InChI is InChI=1S/C14H23NS.C2HF3O2/c1-2-5-11-15(10-4-1)12-6-3-8-14-9-7-13-16-14;3-2(4,5)1(6)7/h7,9,13H,1-6,8,10-12H2;(H,6,7). The summed E-state index contributed by atoms with van der Waals surface area (Å²) in [4.78, 5) is 13.1. The fraction of sp³-hybridized carbons (Fsp3) is 0.688. The molecule has 7 heteroatoms. The Hall–Kier alpha value is -1.08. The number of likely N-dealkylation sites (tertiary alicyclic amines) is 1. The summed E-state index contributed by atoms with van der Waals surface area (Å²) < 4.78 is 31.7. The Morgan fingerprint density at radius 1 is 1.17 bits per heavy atom. The highest BCUT2D eigenvalue weighted by atomic mass is 32.1. The van der Waals surface area contributed by atoms with Gasteiger partial charge in [-0.25, -0.2) is 4.79 Å². The monoisotopic (exact) mass is 351 g/mol. The van der Waals surface area contributed by atoms with Crippen LogP contribution in [0.5, 0.6) is 0 Å². The number of halogens is 3. The molecule has 0 aliphatic carbocycles. The summed E-state index contributed by atoms with van der Waals surface area (Å²) in [6.07, 6.45) is 4.67. The van der Waals surface area contributed by atoms with Gasteiger partial charge >= 0.3 is 12.1 Å². The molecule has 1 aliphatic rings. The molecular weight excluding hydrogens is 327 g/mol. The molecule has 3 nitrogen and oxygen atoms in total. The molecule has 0 radical (unpaired) electrons. The Kier molecular flexibility index (Phi) is 9.24. The van der Waals surface area contributed by atoms with Gasteiger partial charge in [-0.2, -0.15) is 13.2 Å². The van der Waals surface area contributed by atoms with Crippen LogP contribution in [0.25, 0.3) is 0 Å². The van der Waals surface area contributed by atoms with Gasteiger partial charge in [0.25, 0.3) is 0 Å². The van der Waals surface area contributed by atoms with Gasteiger partial charge in [0.2, 0.25) is 0 Å². The number of aliphatic carboxylic acids is 1. The normalized spacial score (nSPS) is 16.3. The molecule has 0 bridgehead atoms. The highest BCUT2D eigenvalue weighted by Gasteiger charge is 2.38. The van der Waals surface area contributed by atoms with E-state index in [1.54, 1.807) is 4.88 Å². The molecule has 0 aromatic carbocycles. The number of carboxylic acids is 1. The average molecular weight is 351 g/mol. The molecule has 1 aromatic heterocycles. The summed E-state index contributed by atoms with van der Waals surface area (Å²) >= 11 is 1.90. The van der Waals surface area contributed by atoms with E-state index in [-0.39, 0.29) is 0 Å². The average Bonchev–Trinajstić information content (AvgIpc) is 2.86. The highest BCUT2D eigenvalue weighted by Crippen LogP contribution is 2.14. The Morgan fingerprint density at radius 2 is 1.78 bits per heavy atom. The maximum atomic E-state index is 10.6. The van der Waals surface area contributed by atoms with Crippen molar-refractivity contribution >= 4 is 17.3 Å². The summed E-state index contributed by atoms with van der Waals surface area (Å²) in [7, 11) is 0. The lowest BCUT2D eigenvalue weighted by molar-refractivity contribution is -0.192. The summed E-state index contributed by atoms with van der Waals surface area (Å²) in [6, 6.07) is 4.42. The van der Waals surface area contributed by atoms with E-state index >= 15 is 0 Å². The topological polar surface area (TPSA) is 40.5 Å². The van der Waals surface area contributed by atoms with Gasteiger partial charge in [-0.05, 0) is 63.2 Å². The molecule has 1 aliphatic heterocycles. The Bertz CT molecular complexity index is 427. The first-order valence-electron chi connectivity index (χ1n) is 7.94. The Balaban J connectivity index is 0.000000322. The van der Waals surface area contributed by atoms with Gasteiger partial charge in [0.1, 0.15) is 0 Å². The van der Waals surface area contributed by atoms with Crippen LogP contribution >= 0.6 is 11.3 Å². The third kappa shape index (κ3) is 9.61. The number of carbonyl (C=O) groups is 1. The van der Waals surface area contributed by atoms with Crippen molar-refractivity contribution in [1.29, 1.82) is 0 Å². The minimum absolute atomic E-state index is 1.28. The molecular formula is C16H24F3NO2S. The van der Waals surface area contributed by atoms with Crippen LogP contribution in [0.4, 0.5) is 13.2 Å². The summed E-state index contributed by atoms with van der Waals surface area (Å²) in [5.41, 5.74) is 0. The lowest BCUT2D eigenvalue weighted by atomic mass is 10.2. The van der Waals surface area contributed by atoms with Crippen LogP contribution in [0.1, 0.15) is 43.4 Å². The predicted molar refractivity (Wildman–Crippen MR) is 85.9 cm³/mol. The maximum Gasteiger partial charge on any atom is 0.490 e. The van der Waals surface area contributed by atoms with Crippen LogP contribution in [-0.2, 0) is 11.2 Å². The fourth-order valence-electron chi connectivity index (χ4n) is 2.45. The first-order valence-corrected chi connectivity index (χ1v) is 8.82. The molecule has 23 heavy (non-hydrogen) atoms. The number of nitrogens with zero attached hydrogens (tertiary/aromatic N) is 1. The number of hydrogen-bond donors (Lipinski definition) is 1. The number of carboxylic acid groups (broad SMARTS) is 1. The van der Waals surface area contributed by atoms with Crippen molar-refractivity contribution in [3.63, 3.8) is 0 Å². The van der Waals surface area contributed by atoms with Gasteiger partial charge in [0.15, 0.2) is 0 Å². The Morgan fingerprint density at radius 3 is 2.26 bits per heavy atom. The number of unbranched alkanes of at least 4 members (excludes halogenated alkanes) is 1. The second-order valence-corrected chi connectivity index (χ2v) is 6.63. The fourth-order valence-corrected chi connectivity index (χ4v) is 3.20. The van der Waals surface area contributed by atoms with Crippen LogP contribution in [0, 0.1) is 0 Å². The lowest BCUT2D eigenvalue weighted by Gasteiger charge is -2.19. The first kappa shape index (κ1) is 20.0. The van der Waals surface area contributed by atoms with Crippen molar-refractivity contribution in [3.8, 4) is 0 Å². The van der Waals surface area contributed by atoms with Crippen molar-refractivity contribution < 1.29 is 23.1 Å². The minimum Gasteiger partial charge on any atom is -0.475 e. The van der Waals surface area contributed by atoms with E-state index < -0.39 is 12.1 Å². The second-order valence-electron chi connectivity index (χ2n) is 5.60. The molecule has 132 valence electrons. The largest absolute Gasteiger partial charge is 0.490 e. The van der Waals surface area contributed by atoms with Crippen molar-refractivity contribution in [2.45, 2.75) is 51.1 Å². The van der Waals surface area contributed by atoms with E-state index in [9.17, 15) is 13.2 Å². The predicted octanol–water partition coefficient (Wildman–Crippen LogP) is 4.58. The number of rotatable bonds is 5. The Labute approximate surface area is 139 Å². The molecule has 2 rings (SSSR count). The van der Waals surface area contributed by atoms with Crippen LogP contribution < -0.4 is 0 Å². The zero-order valence-electron chi connectivity index (χ0n) is 13.1. The van der Waals surface area contributed by atoms with Gasteiger partial charge in [0, 0.05) is 4.88 Å². The summed E-state index contributed by atoms with van der Waals surface area (Å²) in [5, 5.41) is 9.31. The zero-order valence-corrected chi connectivity index (χ0v) is 14.0. The number of aryl methyl sites for hydroxylation is 1. The molecule has 1 fully saturated rings. The summed E-state index contributed by atoms with van der Waals surface area (Å²) in [5.74, 6) is -2.76. The molecule has 1 saturated heterocycles. The van der Waals surface area contributed by atoms with Gasteiger partial charge < -0.3 is 10.0 Å². The van der Waals surface area contributed by atoms with E-state index in [2.05, 4.69) is 22.4 Å². The van der Waals surface area contributed by atoms with E-state index in [1.807, 2.05) is 11.3 Å². The van der Waals surface area contributed by atoms with Crippen molar-refractivity contribution in [1.82, 2.24) is 4.90 Å². The van der Waals surface area contributed by atoms with Crippen molar-refractivity contribution in [2.24, 2.45) is 0 Å². The van der Waals surface area contributed by atoms with Gasteiger partial charge in [0.05, 0.1) is 0 Å². The lowest BCUT2D eigenvalue weighted by Crippen LogP contribution is -2.25.